The molecule has 6 nitrogen and oxygen atoms in total. The second kappa shape index (κ2) is 7.17. The van der Waals surface area contributed by atoms with Crippen molar-refractivity contribution >= 4 is 17.7 Å². The summed E-state index contributed by atoms with van der Waals surface area (Å²) in [6.45, 7) is 3.86. The van der Waals surface area contributed by atoms with E-state index in [0.29, 0.717) is 23.2 Å². The molecule has 0 radical (unpaired) electrons. The Balaban J connectivity index is 2.62. The van der Waals surface area contributed by atoms with E-state index in [1.807, 2.05) is 0 Å². The van der Waals surface area contributed by atoms with E-state index in [-0.39, 0.29) is 11.5 Å². The molecule has 7 heteroatoms. The van der Waals surface area contributed by atoms with E-state index >= 15 is 0 Å². The molecule has 0 bridgehead atoms. The van der Waals surface area contributed by atoms with Gasteiger partial charge in [-0.05, 0) is 20.9 Å². The third-order valence-corrected chi connectivity index (χ3v) is 3.12. The number of aromatic amines is 1. The normalized spacial score (nSPS) is 12.2. The van der Waals surface area contributed by atoms with Crippen LogP contribution in [0.15, 0.2) is 16.0 Å². The summed E-state index contributed by atoms with van der Waals surface area (Å²) < 4.78 is 4.92. The van der Waals surface area contributed by atoms with Gasteiger partial charge in [0.1, 0.15) is 6.04 Å². The van der Waals surface area contributed by atoms with Crippen LogP contribution in [-0.4, -0.2) is 41.4 Å². The first kappa shape index (κ1) is 14.7. The van der Waals surface area contributed by atoms with E-state index in [2.05, 4.69) is 15.3 Å². The first-order valence-corrected chi connectivity index (χ1v) is 6.60. The number of aromatic nitrogens is 2. The number of hydrogen-bond donors (Lipinski definition) is 2. The van der Waals surface area contributed by atoms with Crippen LogP contribution in [0, 0.1) is 6.92 Å². The maximum absolute atomic E-state index is 11.5. The number of ether oxygens (including phenoxy) is 1. The third kappa shape index (κ3) is 4.50. The molecule has 1 atom stereocenters. The topological polar surface area (TPSA) is 84.1 Å². The molecule has 18 heavy (non-hydrogen) atoms. The monoisotopic (exact) mass is 271 g/mol. The molecule has 1 aromatic heterocycles. The van der Waals surface area contributed by atoms with E-state index in [0.717, 1.165) is 0 Å². The van der Waals surface area contributed by atoms with E-state index in [4.69, 9.17) is 4.74 Å². The highest BCUT2D eigenvalue weighted by atomic mass is 32.2. The Labute approximate surface area is 110 Å². The van der Waals surface area contributed by atoms with Crippen molar-refractivity contribution in [2.45, 2.75) is 25.0 Å². The Morgan fingerprint density at radius 3 is 2.94 bits per heavy atom. The van der Waals surface area contributed by atoms with Gasteiger partial charge in [0.05, 0.1) is 6.61 Å². The molecule has 1 aromatic rings. The van der Waals surface area contributed by atoms with Crippen LogP contribution in [0.5, 0.6) is 0 Å². The van der Waals surface area contributed by atoms with Gasteiger partial charge in [-0.25, -0.2) is 4.98 Å². The molecule has 0 saturated carbocycles. The molecule has 0 aliphatic rings. The fourth-order valence-corrected chi connectivity index (χ4v) is 2.30. The van der Waals surface area contributed by atoms with Crippen molar-refractivity contribution < 1.29 is 9.53 Å². The highest BCUT2D eigenvalue weighted by Crippen LogP contribution is 2.13. The predicted molar refractivity (Wildman–Crippen MR) is 69.8 cm³/mol. The molecule has 0 aliphatic carbocycles. The molecule has 0 saturated heterocycles. The Bertz CT molecular complexity index is 461. The summed E-state index contributed by atoms with van der Waals surface area (Å²) in [5.41, 5.74) is 0.459. The molecule has 2 N–H and O–H groups in total. The summed E-state index contributed by atoms with van der Waals surface area (Å²) in [5.74, 6) is 0.143. The van der Waals surface area contributed by atoms with Gasteiger partial charge in [0, 0.05) is 17.5 Å². The van der Waals surface area contributed by atoms with Gasteiger partial charge in [0.2, 0.25) is 0 Å². The van der Waals surface area contributed by atoms with Gasteiger partial charge in [-0.2, -0.15) is 0 Å². The van der Waals surface area contributed by atoms with E-state index in [1.54, 1.807) is 20.9 Å². The van der Waals surface area contributed by atoms with Gasteiger partial charge in [-0.3, -0.25) is 9.59 Å². The highest BCUT2D eigenvalue weighted by molar-refractivity contribution is 7.99. The fraction of sp³-hybridized carbons (Fsp3) is 0.545. The lowest BCUT2D eigenvalue weighted by Gasteiger charge is -2.13. The molecule has 1 unspecified atom stereocenters. The summed E-state index contributed by atoms with van der Waals surface area (Å²) in [6.07, 6.45) is 0. The van der Waals surface area contributed by atoms with Gasteiger partial charge in [-0.1, -0.05) is 11.8 Å². The Morgan fingerprint density at radius 2 is 2.39 bits per heavy atom. The summed E-state index contributed by atoms with van der Waals surface area (Å²) in [5, 5.41) is 3.38. The SMILES string of the molecule is CCOC(=O)C(CSc1nc(C)cc(=O)[nH]1)NC. The number of rotatable bonds is 6. The number of aryl methyl sites for hydroxylation is 1. The minimum atomic E-state index is -0.416. The zero-order valence-corrected chi connectivity index (χ0v) is 11.5. The minimum Gasteiger partial charge on any atom is -0.465 e. The number of nitrogens with zero attached hydrogens (tertiary/aromatic N) is 1. The van der Waals surface area contributed by atoms with Crippen molar-refractivity contribution in [3.63, 3.8) is 0 Å². The maximum Gasteiger partial charge on any atom is 0.323 e. The molecule has 0 fully saturated rings. The van der Waals surface area contributed by atoms with Crippen LogP contribution in [0.1, 0.15) is 12.6 Å². The number of likely N-dealkylation sites (N-methyl/N-ethyl adjacent to an activating group) is 1. The molecule has 100 valence electrons. The first-order valence-electron chi connectivity index (χ1n) is 5.61. The molecule has 0 aliphatic heterocycles. The molecule has 1 heterocycles. The number of esters is 1. The van der Waals surface area contributed by atoms with Crippen LogP contribution in [0.4, 0.5) is 0 Å². The van der Waals surface area contributed by atoms with Crippen LogP contribution in [-0.2, 0) is 9.53 Å². The van der Waals surface area contributed by atoms with Gasteiger partial charge in [0.15, 0.2) is 5.16 Å². The van der Waals surface area contributed by atoms with Crippen LogP contribution >= 0.6 is 11.8 Å². The minimum absolute atomic E-state index is 0.192. The molecule has 0 spiro atoms. The number of hydrogen-bond acceptors (Lipinski definition) is 6. The average molecular weight is 271 g/mol. The van der Waals surface area contributed by atoms with Crippen molar-refractivity contribution in [1.82, 2.24) is 15.3 Å². The number of carbonyl (C=O) groups is 1. The van der Waals surface area contributed by atoms with Crippen LogP contribution in [0.25, 0.3) is 0 Å². The van der Waals surface area contributed by atoms with E-state index < -0.39 is 6.04 Å². The third-order valence-electron chi connectivity index (χ3n) is 2.15. The van der Waals surface area contributed by atoms with Crippen molar-refractivity contribution in [2.75, 3.05) is 19.4 Å². The molecular formula is C11H17N3O3S. The number of carbonyl (C=O) groups excluding carboxylic acids is 1. The smallest absolute Gasteiger partial charge is 0.323 e. The van der Waals surface area contributed by atoms with Gasteiger partial charge in [-0.15, -0.1) is 0 Å². The second-order valence-corrected chi connectivity index (χ2v) is 4.60. The maximum atomic E-state index is 11.5. The second-order valence-electron chi connectivity index (χ2n) is 3.60. The predicted octanol–water partition coefficient (Wildman–Crippen LogP) is 0.322. The Hall–Kier alpha value is -1.34. The zero-order chi connectivity index (χ0) is 13.5. The van der Waals surface area contributed by atoms with Gasteiger partial charge < -0.3 is 15.0 Å². The van der Waals surface area contributed by atoms with Crippen molar-refractivity contribution in [3.05, 3.63) is 22.1 Å². The average Bonchev–Trinajstić information content (AvgIpc) is 2.29. The number of nitrogens with one attached hydrogen (secondary N) is 2. The van der Waals surface area contributed by atoms with Crippen LogP contribution < -0.4 is 10.9 Å². The van der Waals surface area contributed by atoms with Gasteiger partial charge in [0.25, 0.3) is 5.56 Å². The Kier molecular flexibility index (Phi) is 5.87. The fourth-order valence-electron chi connectivity index (χ4n) is 1.29. The lowest BCUT2D eigenvalue weighted by atomic mass is 10.3. The molecule has 0 aromatic carbocycles. The summed E-state index contributed by atoms with van der Waals surface area (Å²) in [7, 11) is 1.69. The quantitative estimate of drug-likeness (QED) is 0.440. The van der Waals surface area contributed by atoms with Crippen molar-refractivity contribution in [1.29, 1.82) is 0 Å². The largest absolute Gasteiger partial charge is 0.465 e. The van der Waals surface area contributed by atoms with Crippen molar-refractivity contribution in [3.8, 4) is 0 Å². The highest BCUT2D eigenvalue weighted by Gasteiger charge is 2.18. The molecule has 0 amide bonds. The first-order chi connectivity index (χ1) is 8.56. The summed E-state index contributed by atoms with van der Waals surface area (Å²) >= 11 is 1.31. The van der Waals surface area contributed by atoms with Gasteiger partial charge >= 0.3 is 5.97 Å². The van der Waals surface area contributed by atoms with Crippen molar-refractivity contribution in [2.24, 2.45) is 0 Å². The number of thioether (sulfide) groups is 1. The molecular weight excluding hydrogens is 254 g/mol. The molecule has 1 rings (SSSR count). The summed E-state index contributed by atoms with van der Waals surface area (Å²) in [4.78, 5) is 29.6. The zero-order valence-electron chi connectivity index (χ0n) is 10.6. The standard InChI is InChI=1S/C11H17N3O3S/c1-4-17-10(16)8(12-3)6-18-11-13-7(2)5-9(15)14-11/h5,8,12H,4,6H2,1-3H3,(H,13,14,15). The lowest BCUT2D eigenvalue weighted by molar-refractivity contribution is -0.144. The van der Waals surface area contributed by atoms with Crippen LogP contribution in [0.2, 0.25) is 0 Å². The number of H-pyrrole nitrogens is 1. The summed E-state index contributed by atoms with van der Waals surface area (Å²) in [6, 6.07) is 1.01. The van der Waals surface area contributed by atoms with E-state index in [1.165, 1.54) is 17.8 Å². The van der Waals surface area contributed by atoms with E-state index in [9.17, 15) is 9.59 Å². The Morgan fingerprint density at radius 1 is 1.67 bits per heavy atom. The lowest BCUT2D eigenvalue weighted by Crippen LogP contribution is -2.37. The van der Waals surface area contributed by atoms with Crippen LogP contribution in [0.3, 0.4) is 0 Å².